The third kappa shape index (κ3) is 2.14. The Morgan fingerprint density at radius 3 is 2.88 bits per heavy atom. The van der Waals surface area contributed by atoms with Crippen LogP contribution in [0.25, 0.3) is 10.9 Å². The van der Waals surface area contributed by atoms with Crippen LogP contribution in [0.15, 0.2) is 18.2 Å². The van der Waals surface area contributed by atoms with E-state index >= 15 is 0 Å². The van der Waals surface area contributed by atoms with E-state index in [9.17, 15) is 5.11 Å². The van der Waals surface area contributed by atoms with Crippen LogP contribution in [0.1, 0.15) is 24.3 Å². The summed E-state index contributed by atoms with van der Waals surface area (Å²) in [5.41, 5.74) is 8.33. The quantitative estimate of drug-likeness (QED) is 0.756. The van der Waals surface area contributed by atoms with E-state index in [0.29, 0.717) is 6.61 Å². The van der Waals surface area contributed by atoms with Gasteiger partial charge >= 0.3 is 0 Å². The van der Waals surface area contributed by atoms with Crippen LogP contribution in [0.4, 0.5) is 0 Å². The van der Waals surface area contributed by atoms with Crippen molar-refractivity contribution < 1.29 is 9.84 Å². The summed E-state index contributed by atoms with van der Waals surface area (Å²) in [6.45, 7) is 4.73. The first-order chi connectivity index (χ1) is 8.17. The van der Waals surface area contributed by atoms with Crippen molar-refractivity contribution in [1.29, 1.82) is 0 Å². The largest absolute Gasteiger partial charge is 0.494 e. The van der Waals surface area contributed by atoms with Gasteiger partial charge in [-0.2, -0.15) is 0 Å². The van der Waals surface area contributed by atoms with Gasteiger partial charge in [-0.3, -0.25) is 0 Å². The highest BCUT2D eigenvalue weighted by Gasteiger charge is 2.15. The summed E-state index contributed by atoms with van der Waals surface area (Å²) in [6, 6.07) is 5.82. The fourth-order valence-electron chi connectivity index (χ4n) is 2.13. The lowest BCUT2D eigenvalue weighted by molar-refractivity contribution is 0.187. The highest BCUT2D eigenvalue weighted by molar-refractivity contribution is 5.86. The molecule has 1 atom stereocenters. The Kier molecular flexibility index (Phi) is 3.36. The second-order valence-electron chi connectivity index (χ2n) is 4.06. The lowest BCUT2D eigenvalue weighted by atomic mass is 10.1. The van der Waals surface area contributed by atoms with Crippen LogP contribution in [0.3, 0.4) is 0 Å². The monoisotopic (exact) mass is 234 g/mol. The van der Waals surface area contributed by atoms with Crippen LogP contribution in [0.2, 0.25) is 0 Å². The number of nitrogens with one attached hydrogen (secondary N) is 1. The minimum atomic E-state index is -0.638. The fraction of sp³-hybridized carbons (Fsp3) is 0.385. The molecule has 0 aliphatic carbocycles. The summed E-state index contributed by atoms with van der Waals surface area (Å²) in [4.78, 5) is 3.24. The average Bonchev–Trinajstić information content (AvgIpc) is 2.64. The molecule has 4 nitrogen and oxygen atoms in total. The molecule has 1 aromatic carbocycles. The molecule has 1 aromatic heterocycles. The predicted octanol–water partition coefficient (Wildman–Crippen LogP) is 1.87. The van der Waals surface area contributed by atoms with Crippen LogP contribution in [-0.4, -0.2) is 23.2 Å². The lowest BCUT2D eigenvalue weighted by Gasteiger charge is -2.09. The van der Waals surface area contributed by atoms with Crippen molar-refractivity contribution in [3.8, 4) is 5.75 Å². The Balaban J connectivity index is 2.56. The zero-order valence-corrected chi connectivity index (χ0v) is 10.2. The fourth-order valence-corrected chi connectivity index (χ4v) is 2.13. The van der Waals surface area contributed by atoms with Crippen molar-refractivity contribution in [2.75, 3.05) is 13.2 Å². The molecule has 0 saturated heterocycles. The van der Waals surface area contributed by atoms with Gasteiger partial charge in [-0.05, 0) is 32.0 Å². The minimum Gasteiger partial charge on any atom is -0.494 e. The Labute approximate surface area is 100 Å². The van der Waals surface area contributed by atoms with E-state index in [2.05, 4.69) is 4.98 Å². The summed E-state index contributed by atoms with van der Waals surface area (Å²) < 4.78 is 5.46. The Morgan fingerprint density at radius 1 is 1.47 bits per heavy atom. The molecule has 0 saturated carbocycles. The second-order valence-corrected chi connectivity index (χ2v) is 4.06. The number of fused-ring (bicyclic) bond motifs is 1. The first-order valence-electron chi connectivity index (χ1n) is 5.80. The number of aliphatic hydroxyl groups is 1. The number of aromatic amines is 1. The van der Waals surface area contributed by atoms with Crippen LogP contribution < -0.4 is 10.5 Å². The molecule has 4 N–H and O–H groups in total. The molecule has 2 aromatic rings. The summed E-state index contributed by atoms with van der Waals surface area (Å²) in [5.74, 6) is 0.810. The predicted molar refractivity (Wildman–Crippen MR) is 68.2 cm³/mol. The van der Waals surface area contributed by atoms with E-state index in [1.165, 1.54) is 0 Å². The number of aromatic nitrogens is 1. The van der Waals surface area contributed by atoms with Gasteiger partial charge in [0.15, 0.2) is 0 Å². The highest BCUT2D eigenvalue weighted by Crippen LogP contribution is 2.30. The van der Waals surface area contributed by atoms with Gasteiger partial charge in [0.2, 0.25) is 0 Å². The van der Waals surface area contributed by atoms with Crippen molar-refractivity contribution in [2.24, 2.45) is 5.73 Å². The Bertz CT molecular complexity index is 519. The third-order valence-corrected chi connectivity index (χ3v) is 2.87. The molecule has 0 spiro atoms. The van der Waals surface area contributed by atoms with Crippen LogP contribution in [-0.2, 0) is 0 Å². The molecule has 1 unspecified atom stereocenters. The second kappa shape index (κ2) is 4.77. The summed E-state index contributed by atoms with van der Waals surface area (Å²) in [7, 11) is 0. The molecule has 0 bridgehead atoms. The van der Waals surface area contributed by atoms with Gasteiger partial charge in [0.25, 0.3) is 0 Å². The van der Waals surface area contributed by atoms with Gasteiger partial charge in [0, 0.05) is 28.7 Å². The zero-order chi connectivity index (χ0) is 12.4. The molecule has 4 heteroatoms. The van der Waals surface area contributed by atoms with Crippen molar-refractivity contribution in [3.05, 3.63) is 29.5 Å². The molecule has 0 amide bonds. The van der Waals surface area contributed by atoms with E-state index < -0.39 is 6.10 Å². The normalized spacial score (nSPS) is 12.9. The van der Waals surface area contributed by atoms with E-state index in [-0.39, 0.29) is 6.54 Å². The number of aryl methyl sites for hydroxylation is 1. The van der Waals surface area contributed by atoms with E-state index in [1.807, 2.05) is 32.0 Å². The van der Waals surface area contributed by atoms with Gasteiger partial charge in [-0.25, -0.2) is 0 Å². The van der Waals surface area contributed by atoms with Gasteiger partial charge in [0.05, 0.1) is 12.7 Å². The standard InChI is InChI=1S/C13H18N2O2/c1-3-17-9-4-5-11-10(6-9)13(8(2)15-11)12(16)7-14/h4-6,12,15-16H,3,7,14H2,1-2H3. The van der Waals surface area contributed by atoms with Gasteiger partial charge < -0.3 is 20.6 Å². The molecule has 92 valence electrons. The van der Waals surface area contributed by atoms with Gasteiger partial charge in [0.1, 0.15) is 5.75 Å². The first-order valence-corrected chi connectivity index (χ1v) is 5.80. The molecular weight excluding hydrogens is 216 g/mol. The number of benzene rings is 1. The molecule has 17 heavy (non-hydrogen) atoms. The molecule has 0 radical (unpaired) electrons. The minimum absolute atomic E-state index is 0.215. The van der Waals surface area contributed by atoms with Crippen molar-refractivity contribution in [2.45, 2.75) is 20.0 Å². The number of hydrogen-bond donors (Lipinski definition) is 3. The summed E-state index contributed by atoms with van der Waals surface area (Å²) >= 11 is 0. The van der Waals surface area contributed by atoms with Gasteiger partial charge in [-0.1, -0.05) is 0 Å². The summed E-state index contributed by atoms with van der Waals surface area (Å²) in [6.07, 6.45) is -0.638. The number of nitrogens with two attached hydrogens (primary N) is 1. The SMILES string of the molecule is CCOc1ccc2[nH]c(C)c(C(O)CN)c2c1. The molecule has 0 aliphatic rings. The number of aliphatic hydroxyl groups excluding tert-OH is 1. The number of ether oxygens (including phenoxy) is 1. The van der Waals surface area contributed by atoms with Crippen LogP contribution >= 0.6 is 0 Å². The third-order valence-electron chi connectivity index (χ3n) is 2.87. The topological polar surface area (TPSA) is 71.3 Å². The van der Waals surface area contributed by atoms with Crippen molar-refractivity contribution in [1.82, 2.24) is 4.98 Å². The van der Waals surface area contributed by atoms with Crippen LogP contribution in [0, 0.1) is 6.92 Å². The molecule has 1 heterocycles. The molecule has 0 fully saturated rings. The first kappa shape index (κ1) is 12.0. The number of rotatable bonds is 4. The Hall–Kier alpha value is -1.52. The van der Waals surface area contributed by atoms with Gasteiger partial charge in [-0.15, -0.1) is 0 Å². The molecule has 0 aliphatic heterocycles. The maximum atomic E-state index is 9.93. The smallest absolute Gasteiger partial charge is 0.120 e. The van der Waals surface area contributed by atoms with Crippen molar-refractivity contribution >= 4 is 10.9 Å². The number of H-pyrrole nitrogens is 1. The zero-order valence-electron chi connectivity index (χ0n) is 10.2. The van der Waals surface area contributed by atoms with E-state index in [0.717, 1.165) is 27.9 Å². The average molecular weight is 234 g/mol. The van der Waals surface area contributed by atoms with E-state index in [1.54, 1.807) is 0 Å². The highest BCUT2D eigenvalue weighted by atomic mass is 16.5. The molecule has 2 rings (SSSR count). The van der Waals surface area contributed by atoms with E-state index in [4.69, 9.17) is 10.5 Å². The lowest BCUT2D eigenvalue weighted by Crippen LogP contribution is -2.12. The van der Waals surface area contributed by atoms with Crippen LogP contribution in [0.5, 0.6) is 5.75 Å². The summed E-state index contributed by atoms with van der Waals surface area (Å²) in [5, 5.41) is 10.9. The maximum absolute atomic E-state index is 9.93. The Morgan fingerprint density at radius 2 is 2.24 bits per heavy atom. The number of hydrogen-bond acceptors (Lipinski definition) is 3. The maximum Gasteiger partial charge on any atom is 0.120 e. The van der Waals surface area contributed by atoms with Crippen molar-refractivity contribution in [3.63, 3.8) is 0 Å². The molecular formula is C13H18N2O2.